The van der Waals surface area contributed by atoms with Crippen LogP contribution in [0.1, 0.15) is 20.8 Å². The first-order valence-corrected chi connectivity index (χ1v) is 5.36. The zero-order chi connectivity index (χ0) is 15.4. The summed E-state index contributed by atoms with van der Waals surface area (Å²) in [5.74, 6) is 7.04. The molecule has 0 amide bonds. The Hall–Kier alpha value is -2.77. The van der Waals surface area contributed by atoms with Crippen molar-refractivity contribution in [2.75, 3.05) is 0 Å². The van der Waals surface area contributed by atoms with Gasteiger partial charge in [0.15, 0.2) is 6.29 Å². The fourth-order valence-corrected chi connectivity index (χ4v) is 1.08. The van der Waals surface area contributed by atoms with Crippen molar-refractivity contribution in [1.29, 1.82) is 0 Å². The minimum Gasteiger partial charge on any atom is -0.507 e. The molecule has 1 heterocycles. The zero-order valence-electron chi connectivity index (χ0n) is 10.5. The molecule has 0 bridgehead atoms. The van der Waals surface area contributed by atoms with Gasteiger partial charge in [-0.15, -0.1) is 0 Å². The third kappa shape index (κ3) is 6.24. The molecule has 0 aliphatic carbocycles. The van der Waals surface area contributed by atoms with Crippen molar-refractivity contribution < 1.29 is 19.8 Å². The molecular weight excluding hydrogens is 262 g/mol. The third-order valence-corrected chi connectivity index (χ3v) is 1.95. The number of aldehydes is 1. The largest absolute Gasteiger partial charge is 0.507 e. The monoisotopic (exact) mass is 277 g/mol. The molecule has 0 saturated carbocycles. The van der Waals surface area contributed by atoms with Gasteiger partial charge in [-0.2, -0.15) is 0 Å². The van der Waals surface area contributed by atoms with Gasteiger partial charge in [-0.1, -0.05) is 18.2 Å². The maximum Gasteiger partial charge on any atom is 0.354 e. The predicted octanol–water partition coefficient (Wildman–Crippen LogP) is 0.803. The molecule has 0 unspecified atom stereocenters. The Morgan fingerprint density at radius 3 is 2.05 bits per heavy atom. The lowest BCUT2D eigenvalue weighted by molar-refractivity contribution is 0.0690. The molecule has 7 nitrogen and oxygen atoms in total. The Labute approximate surface area is 115 Å². The number of phenols is 1. The van der Waals surface area contributed by atoms with Crippen molar-refractivity contribution in [3.05, 3.63) is 59.9 Å². The molecule has 0 radical (unpaired) electrons. The Balaban J connectivity index is 0.000000321. The number of aromatic carboxylic acids is 1. The van der Waals surface area contributed by atoms with Crippen molar-refractivity contribution in [3.8, 4) is 5.75 Å². The van der Waals surface area contributed by atoms with Crippen LogP contribution in [0.25, 0.3) is 0 Å². The molecule has 1 aromatic carbocycles. The Bertz CT molecular complexity index is 532. The first-order valence-electron chi connectivity index (χ1n) is 5.36. The van der Waals surface area contributed by atoms with E-state index < -0.39 is 5.97 Å². The van der Waals surface area contributed by atoms with Crippen LogP contribution in [0.5, 0.6) is 5.75 Å². The lowest BCUT2D eigenvalue weighted by Crippen LogP contribution is -2.02. The number of carbonyl (C=O) groups excluding carboxylic acids is 1. The van der Waals surface area contributed by atoms with Crippen molar-refractivity contribution in [2.45, 2.75) is 0 Å². The van der Waals surface area contributed by atoms with Crippen molar-refractivity contribution in [2.24, 2.45) is 11.7 Å². The van der Waals surface area contributed by atoms with Gasteiger partial charge in [-0.3, -0.25) is 16.5 Å². The number of carbonyl (C=O) groups is 2. The van der Waals surface area contributed by atoms with Crippen LogP contribution in [0.3, 0.4) is 0 Å². The molecule has 0 aliphatic heterocycles. The molecule has 6 N–H and O–H groups in total. The maximum absolute atomic E-state index is 10.1. The summed E-state index contributed by atoms with van der Waals surface area (Å²) in [6, 6.07) is 11.2. The van der Waals surface area contributed by atoms with E-state index in [1.807, 2.05) is 0 Å². The van der Waals surface area contributed by atoms with E-state index in [0.29, 0.717) is 11.8 Å². The second kappa shape index (κ2) is 10.2. The Morgan fingerprint density at radius 1 is 1.10 bits per heavy atom. The van der Waals surface area contributed by atoms with E-state index in [1.165, 1.54) is 18.3 Å². The topological polar surface area (TPSA) is 140 Å². The number of carboxylic acids is 1. The highest BCUT2D eigenvalue weighted by molar-refractivity contribution is 5.85. The standard InChI is InChI=1S/C7H6O2.C6H5NO2.H4N2/c8-5-6-3-1-2-4-7(6)9;8-6(9)5-3-1-2-4-7-5;1-2/h1-5,9H;1-4H,(H,8,9);1-2H2. The molecule has 0 aliphatic rings. The Morgan fingerprint density at radius 2 is 1.70 bits per heavy atom. The number of hydrogen-bond donors (Lipinski definition) is 4. The molecule has 2 aromatic rings. The van der Waals surface area contributed by atoms with Crippen LogP contribution in [0.15, 0.2) is 48.7 Å². The van der Waals surface area contributed by atoms with E-state index in [9.17, 15) is 9.59 Å². The van der Waals surface area contributed by atoms with Crippen LogP contribution < -0.4 is 11.7 Å². The Kier molecular flexibility index (Phi) is 8.77. The number of hydrogen-bond acceptors (Lipinski definition) is 6. The van der Waals surface area contributed by atoms with Crippen LogP contribution in [0.2, 0.25) is 0 Å². The van der Waals surface area contributed by atoms with E-state index >= 15 is 0 Å². The minimum atomic E-state index is -0.990. The molecular formula is C13H15N3O4. The van der Waals surface area contributed by atoms with Crippen molar-refractivity contribution in [1.82, 2.24) is 4.98 Å². The van der Waals surface area contributed by atoms with Gasteiger partial charge in [0.2, 0.25) is 0 Å². The first kappa shape index (κ1) is 17.2. The molecule has 1 aromatic heterocycles. The minimum absolute atomic E-state index is 0.0347. The third-order valence-electron chi connectivity index (χ3n) is 1.95. The number of benzene rings is 1. The van der Waals surface area contributed by atoms with Gasteiger partial charge in [0, 0.05) is 6.20 Å². The maximum atomic E-state index is 10.1. The average Bonchev–Trinajstić information content (AvgIpc) is 2.51. The second-order valence-corrected chi connectivity index (χ2v) is 3.20. The van der Waals surface area contributed by atoms with E-state index in [-0.39, 0.29) is 11.4 Å². The van der Waals surface area contributed by atoms with Gasteiger partial charge in [0.1, 0.15) is 11.4 Å². The van der Waals surface area contributed by atoms with E-state index in [1.54, 1.807) is 30.3 Å². The molecule has 2 rings (SSSR count). The number of aromatic nitrogens is 1. The van der Waals surface area contributed by atoms with Crippen molar-refractivity contribution >= 4 is 12.3 Å². The van der Waals surface area contributed by atoms with Crippen LogP contribution in [-0.4, -0.2) is 27.5 Å². The molecule has 0 fully saturated rings. The molecule has 7 heteroatoms. The van der Waals surface area contributed by atoms with E-state index in [0.717, 1.165) is 0 Å². The summed E-state index contributed by atoms with van der Waals surface area (Å²) in [5.41, 5.74) is 0.412. The van der Waals surface area contributed by atoms with Gasteiger partial charge >= 0.3 is 5.97 Å². The second-order valence-electron chi connectivity index (χ2n) is 3.20. The molecule has 0 atom stereocenters. The number of carboxylic acid groups (broad SMARTS) is 1. The number of nitrogens with two attached hydrogens (primary N) is 2. The summed E-state index contributed by atoms with van der Waals surface area (Å²) >= 11 is 0. The smallest absolute Gasteiger partial charge is 0.354 e. The number of hydrazine groups is 1. The number of para-hydroxylation sites is 1. The highest BCUT2D eigenvalue weighted by Gasteiger charge is 1.98. The summed E-state index contributed by atoms with van der Waals surface area (Å²) < 4.78 is 0. The molecule has 20 heavy (non-hydrogen) atoms. The molecule has 0 spiro atoms. The van der Waals surface area contributed by atoms with Crippen molar-refractivity contribution in [3.63, 3.8) is 0 Å². The van der Waals surface area contributed by atoms with Gasteiger partial charge in [0.05, 0.1) is 5.56 Å². The molecule has 0 saturated heterocycles. The molecule has 106 valence electrons. The van der Waals surface area contributed by atoms with Crippen LogP contribution in [-0.2, 0) is 0 Å². The first-order chi connectivity index (χ1) is 9.65. The number of pyridine rings is 1. The number of phenolic OH excluding ortho intramolecular Hbond substituents is 1. The highest BCUT2D eigenvalue weighted by atomic mass is 16.4. The lowest BCUT2D eigenvalue weighted by Gasteiger charge is -1.91. The summed E-state index contributed by atoms with van der Waals surface area (Å²) in [7, 11) is 0. The quantitative estimate of drug-likeness (QED) is 0.361. The van der Waals surface area contributed by atoms with Gasteiger partial charge < -0.3 is 10.2 Å². The number of rotatable bonds is 2. The van der Waals surface area contributed by atoms with Crippen LogP contribution in [0, 0.1) is 0 Å². The van der Waals surface area contributed by atoms with Gasteiger partial charge in [0.25, 0.3) is 0 Å². The average molecular weight is 277 g/mol. The summed E-state index contributed by atoms with van der Waals surface area (Å²) in [5, 5.41) is 17.2. The fraction of sp³-hybridized carbons (Fsp3) is 0. The van der Waals surface area contributed by atoms with Crippen LogP contribution >= 0.6 is 0 Å². The fourth-order valence-electron chi connectivity index (χ4n) is 1.08. The SMILES string of the molecule is NN.O=C(O)c1ccccn1.O=Cc1ccccc1O. The lowest BCUT2D eigenvalue weighted by atomic mass is 10.2. The zero-order valence-corrected chi connectivity index (χ0v) is 10.5. The van der Waals surface area contributed by atoms with Gasteiger partial charge in [-0.25, -0.2) is 9.78 Å². The summed E-state index contributed by atoms with van der Waals surface area (Å²) in [6.07, 6.45) is 2.07. The van der Waals surface area contributed by atoms with Crippen LogP contribution in [0.4, 0.5) is 0 Å². The normalized spacial score (nSPS) is 8.30. The van der Waals surface area contributed by atoms with Gasteiger partial charge in [-0.05, 0) is 24.3 Å². The van der Waals surface area contributed by atoms with E-state index in [2.05, 4.69) is 16.7 Å². The summed E-state index contributed by atoms with van der Waals surface area (Å²) in [6.45, 7) is 0. The van der Waals surface area contributed by atoms with E-state index in [4.69, 9.17) is 10.2 Å². The predicted molar refractivity (Wildman–Crippen MR) is 73.1 cm³/mol. The number of nitrogens with zero attached hydrogens (tertiary/aromatic N) is 1. The number of aromatic hydroxyl groups is 1. The highest BCUT2D eigenvalue weighted by Crippen LogP contribution is 2.11. The summed E-state index contributed by atoms with van der Waals surface area (Å²) in [4.78, 5) is 23.8.